The van der Waals surface area contributed by atoms with Crippen molar-refractivity contribution in [1.29, 1.82) is 0 Å². The molecule has 5 rings (SSSR count). The van der Waals surface area contributed by atoms with Gasteiger partial charge in [-0.3, -0.25) is 0 Å². The van der Waals surface area contributed by atoms with E-state index in [1.807, 2.05) is 34.7 Å². The molecule has 1 aliphatic heterocycles. The average molecular weight is 681 g/mol. The molecule has 3 heteroatoms. The number of benzene rings is 4. The minimum absolute atomic E-state index is 0. The Morgan fingerprint density at radius 3 is 2.02 bits per heavy atom. The fourth-order valence-electron chi connectivity index (χ4n) is 6.33. The van der Waals surface area contributed by atoms with Crippen LogP contribution < -0.4 is 5.32 Å². The van der Waals surface area contributed by atoms with E-state index in [1.54, 1.807) is 0 Å². The number of likely N-dealkylation sites (N-methyl/N-ethyl adjacent to an activating group) is 1. The Morgan fingerprint density at radius 2 is 1.35 bits per heavy atom. The third-order valence-corrected chi connectivity index (χ3v) is 8.58. The van der Waals surface area contributed by atoms with E-state index in [-0.39, 0.29) is 27.8 Å². The first-order valence-electron chi connectivity index (χ1n) is 16.9. The lowest BCUT2D eigenvalue weighted by atomic mass is 9.79. The average Bonchev–Trinajstić information content (AvgIpc) is 3.29. The molecule has 0 bridgehead atoms. The smallest absolute Gasteiger partial charge is 0.210 e. The Labute approximate surface area is 290 Å². The number of allylic oxidation sites excluding steroid dienone is 8. The monoisotopic (exact) mass is 679 g/mol. The van der Waals surface area contributed by atoms with Crippen LogP contribution >= 0.6 is 17.0 Å². The maximum Gasteiger partial charge on any atom is 0.210 e. The molecule has 0 unspecified atom stereocenters. The minimum atomic E-state index is -0.140. The normalized spacial score (nSPS) is 14.3. The molecule has 1 heterocycles. The molecule has 0 aromatic heterocycles. The van der Waals surface area contributed by atoms with E-state index in [0.29, 0.717) is 0 Å². The third kappa shape index (κ3) is 8.17. The predicted molar refractivity (Wildman–Crippen MR) is 212 cm³/mol. The maximum absolute atomic E-state index is 3.44. The predicted octanol–water partition coefficient (Wildman–Crippen LogP) is 12.2. The highest BCUT2D eigenvalue weighted by atomic mass is 79.9. The number of hydrogen-bond donors (Lipinski definition) is 1. The van der Waals surface area contributed by atoms with E-state index in [2.05, 4.69) is 166 Å². The third-order valence-electron chi connectivity index (χ3n) is 8.58. The van der Waals surface area contributed by atoms with E-state index in [1.165, 1.54) is 49.8 Å². The standard InChI is InChI=1S/C39H42N2.2C2H6.BrH/c1-7-27-41-34-26-24-30-18-15-16-20-33(30)37(34)39(4,5)36(41)22-12-10-8-9-11-21-35(40-6)38(2,3)32-25-23-29-17-13-14-19-31(29)28-32;2*1-2;/h8-26,28H,7,27H2,1-6H3;2*1-2H3;1H/p+1. The first-order chi connectivity index (χ1) is 21.8. The SMILES string of the molecule is Br.CC.CC.CCC[N+]1=C(/C=C/C=C/C=C/C=C(/NC)C(C)(C)c2ccc3ccccc3c2)C(C)(C)c2c1ccc1ccccc21. The summed E-state index contributed by atoms with van der Waals surface area (Å²) < 4.78 is 2.51. The summed E-state index contributed by atoms with van der Waals surface area (Å²) in [6.07, 6.45) is 16.2. The van der Waals surface area contributed by atoms with Crippen LogP contribution in [0.15, 0.2) is 127 Å². The Hall–Kier alpha value is -3.69. The van der Waals surface area contributed by atoms with Gasteiger partial charge in [0.05, 0.1) is 5.41 Å². The minimum Gasteiger partial charge on any atom is -0.391 e. The van der Waals surface area contributed by atoms with Crippen LogP contribution in [0.1, 0.15) is 79.9 Å². The van der Waals surface area contributed by atoms with Crippen molar-refractivity contribution in [2.45, 2.75) is 79.6 Å². The van der Waals surface area contributed by atoms with E-state index >= 15 is 0 Å². The molecule has 1 N–H and O–H groups in total. The van der Waals surface area contributed by atoms with Gasteiger partial charge in [0.2, 0.25) is 5.69 Å². The van der Waals surface area contributed by atoms with Gasteiger partial charge in [-0.2, -0.15) is 4.58 Å². The first kappa shape index (κ1) is 38.5. The summed E-state index contributed by atoms with van der Waals surface area (Å²) in [5.74, 6) is 0. The van der Waals surface area contributed by atoms with Gasteiger partial charge < -0.3 is 5.32 Å². The van der Waals surface area contributed by atoms with Crippen LogP contribution in [0.4, 0.5) is 5.69 Å². The quantitative estimate of drug-likeness (QED) is 0.137. The molecule has 0 aliphatic carbocycles. The molecule has 0 spiro atoms. The molecule has 0 radical (unpaired) electrons. The van der Waals surface area contributed by atoms with E-state index in [9.17, 15) is 0 Å². The van der Waals surface area contributed by atoms with Crippen molar-refractivity contribution in [3.05, 3.63) is 138 Å². The molecule has 2 nitrogen and oxygen atoms in total. The summed E-state index contributed by atoms with van der Waals surface area (Å²) in [7, 11) is 2.00. The molecule has 4 aromatic carbocycles. The second-order valence-electron chi connectivity index (χ2n) is 12.0. The zero-order valence-electron chi connectivity index (χ0n) is 29.8. The van der Waals surface area contributed by atoms with Crippen LogP contribution in [-0.4, -0.2) is 23.9 Å². The summed E-state index contributed by atoms with van der Waals surface area (Å²) in [6, 6.07) is 28.6. The second kappa shape index (κ2) is 17.9. The fraction of sp³-hybridized carbons (Fsp3) is 0.326. The van der Waals surface area contributed by atoms with Gasteiger partial charge in [0.25, 0.3) is 0 Å². The van der Waals surface area contributed by atoms with Crippen LogP contribution in [0.5, 0.6) is 0 Å². The van der Waals surface area contributed by atoms with Gasteiger partial charge in [0.1, 0.15) is 6.54 Å². The van der Waals surface area contributed by atoms with Crippen molar-refractivity contribution in [2.75, 3.05) is 13.6 Å². The molecule has 4 aromatic rings. The van der Waals surface area contributed by atoms with Crippen LogP contribution in [0.2, 0.25) is 0 Å². The van der Waals surface area contributed by atoms with E-state index in [4.69, 9.17) is 0 Å². The Morgan fingerprint density at radius 1 is 0.761 bits per heavy atom. The van der Waals surface area contributed by atoms with Crippen molar-refractivity contribution in [2.24, 2.45) is 0 Å². The molecule has 244 valence electrons. The molecule has 1 aliphatic rings. The summed E-state index contributed by atoms with van der Waals surface area (Å²) in [5.41, 5.74) is 6.41. The van der Waals surface area contributed by atoms with Crippen molar-refractivity contribution in [3.63, 3.8) is 0 Å². The van der Waals surface area contributed by atoms with Crippen LogP contribution in [-0.2, 0) is 10.8 Å². The molecule has 46 heavy (non-hydrogen) atoms. The van der Waals surface area contributed by atoms with Crippen molar-refractivity contribution in [1.82, 2.24) is 5.32 Å². The van der Waals surface area contributed by atoms with Crippen molar-refractivity contribution in [3.8, 4) is 0 Å². The van der Waals surface area contributed by atoms with Gasteiger partial charge in [-0.05, 0) is 53.1 Å². The first-order valence-corrected chi connectivity index (χ1v) is 16.9. The summed E-state index contributed by atoms with van der Waals surface area (Å²) in [5, 5.41) is 8.65. The molecule has 0 amide bonds. The molecular weight excluding hydrogens is 624 g/mol. The molecule has 0 saturated heterocycles. The van der Waals surface area contributed by atoms with Gasteiger partial charge in [-0.15, -0.1) is 17.0 Å². The van der Waals surface area contributed by atoms with Crippen LogP contribution in [0.3, 0.4) is 0 Å². The van der Waals surface area contributed by atoms with Gasteiger partial charge in [0.15, 0.2) is 5.71 Å². The van der Waals surface area contributed by atoms with E-state index in [0.717, 1.165) is 13.0 Å². The number of halogens is 1. The van der Waals surface area contributed by atoms with Crippen molar-refractivity contribution < 1.29 is 4.58 Å². The Balaban J connectivity index is 0.00000142. The van der Waals surface area contributed by atoms with Gasteiger partial charge >= 0.3 is 0 Å². The van der Waals surface area contributed by atoms with Gasteiger partial charge in [-0.1, -0.05) is 146 Å². The lowest BCUT2D eigenvalue weighted by Crippen LogP contribution is -2.28. The lowest BCUT2D eigenvalue weighted by molar-refractivity contribution is -0.437. The number of nitrogens with zero attached hydrogens (tertiary/aromatic N) is 1. The number of fused-ring (bicyclic) bond motifs is 4. The number of nitrogens with one attached hydrogen (secondary N) is 1. The molecule has 0 saturated carbocycles. The van der Waals surface area contributed by atoms with Crippen molar-refractivity contribution >= 4 is 49.9 Å². The zero-order valence-corrected chi connectivity index (χ0v) is 31.5. The van der Waals surface area contributed by atoms with Gasteiger partial charge in [0, 0.05) is 42.3 Å². The summed E-state index contributed by atoms with van der Waals surface area (Å²) in [6.45, 7) is 20.5. The van der Waals surface area contributed by atoms with E-state index < -0.39 is 0 Å². The second-order valence-corrected chi connectivity index (χ2v) is 12.0. The maximum atomic E-state index is 3.44. The number of hydrogen-bond acceptors (Lipinski definition) is 1. The fourth-order valence-corrected chi connectivity index (χ4v) is 6.33. The highest BCUT2D eigenvalue weighted by Gasteiger charge is 2.45. The van der Waals surface area contributed by atoms with Gasteiger partial charge in [-0.25, -0.2) is 0 Å². The topological polar surface area (TPSA) is 15.0 Å². The van der Waals surface area contributed by atoms with Crippen LogP contribution in [0, 0.1) is 0 Å². The molecular formula is C43H56BrN2+. The summed E-state index contributed by atoms with van der Waals surface area (Å²) in [4.78, 5) is 0. The molecule has 0 atom stereocenters. The zero-order chi connectivity index (χ0) is 33.0. The lowest BCUT2D eigenvalue weighted by Gasteiger charge is -2.29. The Kier molecular flexibility index (Phi) is 14.9. The number of rotatable bonds is 9. The molecule has 0 fully saturated rings. The largest absolute Gasteiger partial charge is 0.391 e. The Bertz CT molecular complexity index is 1730. The highest BCUT2D eigenvalue weighted by Crippen LogP contribution is 2.44. The van der Waals surface area contributed by atoms with Crippen LogP contribution in [0.25, 0.3) is 21.5 Å². The highest BCUT2D eigenvalue weighted by molar-refractivity contribution is 8.93. The summed E-state index contributed by atoms with van der Waals surface area (Å²) >= 11 is 0.